The van der Waals surface area contributed by atoms with Gasteiger partial charge in [0.2, 0.25) is 0 Å². The fraction of sp³-hybridized carbons (Fsp3) is 0.571. The molecule has 0 bridgehead atoms. The number of hydrogen-bond donors (Lipinski definition) is 1. The highest BCUT2D eigenvalue weighted by atomic mass is 32.2. The molecular weight excluding hydrogens is 214 g/mol. The number of rotatable bonds is 2. The lowest BCUT2D eigenvalue weighted by Crippen LogP contribution is -2.15. The molecule has 2 aliphatic carbocycles. The van der Waals surface area contributed by atoms with Crippen LogP contribution >= 0.6 is 11.8 Å². The normalized spacial score (nSPS) is 28.3. The Morgan fingerprint density at radius 3 is 2.81 bits per heavy atom. The van der Waals surface area contributed by atoms with Gasteiger partial charge in [0, 0.05) is 16.2 Å². The second-order valence-electron chi connectivity index (χ2n) is 5.10. The summed E-state index contributed by atoms with van der Waals surface area (Å²) in [7, 11) is 0. The van der Waals surface area contributed by atoms with Crippen molar-refractivity contribution >= 4 is 11.8 Å². The minimum absolute atomic E-state index is 0.451. The third kappa shape index (κ3) is 2.14. The zero-order chi connectivity index (χ0) is 11.0. The van der Waals surface area contributed by atoms with E-state index in [0.29, 0.717) is 6.04 Å². The van der Waals surface area contributed by atoms with Crippen molar-refractivity contribution in [1.82, 2.24) is 0 Å². The Bertz CT molecular complexity index is 388. The average molecular weight is 233 g/mol. The van der Waals surface area contributed by atoms with Crippen LogP contribution in [0.4, 0.5) is 0 Å². The van der Waals surface area contributed by atoms with E-state index in [0.717, 1.165) is 5.25 Å². The summed E-state index contributed by atoms with van der Waals surface area (Å²) in [6, 6.07) is 7.50. The van der Waals surface area contributed by atoms with Crippen molar-refractivity contribution in [2.75, 3.05) is 0 Å². The second-order valence-corrected chi connectivity index (χ2v) is 6.47. The average Bonchev–Trinajstić information content (AvgIpc) is 2.87. The summed E-state index contributed by atoms with van der Waals surface area (Å²) in [6.07, 6.45) is 7.62. The van der Waals surface area contributed by atoms with Gasteiger partial charge in [-0.15, -0.1) is 11.8 Å². The lowest BCUT2D eigenvalue weighted by molar-refractivity contribution is 0.706. The molecule has 2 aliphatic rings. The molecule has 0 spiro atoms. The summed E-state index contributed by atoms with van der Waals surface area (Å²) in [6.45, 7) is 0. The Balaban J connectivity index is 1.71. The van der Waals surface area contributed by atoms with Gasteiger partial charge in [0.1, 0.15) is 0 Å². The zero-order valence-corrected chi connectivity index (χ0v) is 10.4. The number of thioether (sulfide) groups is 1. The van der Waals surface area contributed by atoms with E-state index >= 15 is 0 Å². The van der Waals surface area contributed by atoms with E-state index in [1.807, 2.05) is 11.8 Å². The predicted octanol–water partition coefficient (Wildman–Crippen LogP) is 3.15. The first-order valence-electron chi connectivity index (χ1n) is 6.35. The molecule has 0 saturated heterocycles. The number of fused-ring (bicyclic) bond motifs is 1. The van der Waals surface area contributed by atoms with Crippen molar-refractivity contribution in [3.63, 3.8) is 0 Å². The van der Waals surface area contributed by atoms with Gasteiger partial charge in [-0.05, 0) is 61.8 Å². The van der Waals surface area contributed by atoms with Crippen LogP contribution in [0, 0.1) is 0 Å². The lowest BCUT2D eigenvalue weighted by atomic mass is 10.1. The van der Waals surface area contributed by atoms with Gasteiger partial charge in [-0.25, -0.2) is 0 Å². The highest BCUT2D eigenvalue weighted by Crippen LogP contribution is 2.36. The van der Waals surface area contributed by atoms with Gasteiger partial charge < -0.3 is 5.73 Å². The molecule has 2 atom stereocenters. The standard InChI is InChI=1S/C14H19NS/c15-12-5-7-14(9-12)16-13-6-4-10-2-1-3-11(10)8-13/h4,6,8,12,14H,1-3,5,7,9,15H2. The van der Waals surface area contributed by atoms with E-state index in [1.54, 1.807) is 11.1 Å². The van der Waals surface area contributed by atoms with E-state index in [4.69, 9.17) is 5.73 Å². The van der Waals surface area contributed by atoms with Crippen LogP contribution in [0.5, 0.6) is 0 Å². The maximum absolute atomic E-state index is 5.96. The van der Waals surface area contributed by atoms with E-state index in [9.17, 15) is 0 Å². The van der Waals surface area contributed by atoms with Crippen LogP contribution in [0.25, 0.3) is 0 Å². The Kier molecular flexibility index (Phi) is 2.95. The molecule has 0 radical (unpaired) electrons. The Morgan fingerprint density at radius 2 is 2.00 bits per heavy atom. The summed E-state index contributed by atoms with van der Waals surface area (Å²) in [4.78, 5) is 1.46. The Morgan fingerprint density at radius 1 is 1.12 bits per heavy atom. The van der Waals surface area contributed by atoms with Gasteiger partial charge in [0.25, 0.3) is 0 Å². The highest BCUT2D eigenvalue weighted by molar-refractivity contribution is 8.00. The van der Waals surface area contributed by atoms with Crippen molar-refractivity contribution in [1.29, 1.82) is 0 Å². The monoisotopic (exact) mass is 233 g/mol. The minimum Gasteiger partial charge on any atom is -0.328 e. The molecule has 86 valence electrons. The minimum atomic E-state index is 0.451. The smallest absolute Gasteiger partial charge is 0.0110 e. The highest BCUT2D eigenvalue weighted by Gasteiger charge is 2.22. The third-order valence-electron chi connectivity index (χ3n) is 3.80. The van der Waals surface area contributed by atoms with Crippen LogP contribution in [0.3, 0.4) is 0 Å². The molecule has 3 rings (SSSR count). The summed E-state index contributed by atoms with van der Waals surface area (Å²) in [5, 5.41) is 0.759. The molecule has 2 heteroatoms. The van der Waals surface area contributed by atoms with Gasteiger partial charge in [0.05, 0.1) is 0 Å². The number of aryl methyl sites for hydroxylation is 2. The number of hydrogen-bond acceptors (Lipinski definition) is 2. The molecule has 2 unspecified atom stereocenters. The molecular formula is C14H19NS. The summed E-state index contributed by atoms with van der Waals surface area (Å²) < 4.78 is 0. The molecule has 0 aromatic heterocycles. The van der Waals surface area contributed by atoms with Gasteiger partial charge in [-0.2, -0.15) is 0 Å². The summed E-state index contributed by atoms with van der Waals surface area (Å²) in [5.41, 5.74) is 9.12. The molecule has 0 heterocycles. The van der Waals surface area contributed by atoms with Crippen LogP contribution < -0.4 is 5.73 Å². The van der Waals surface area contributed by atoms with Crippen LogP contribution in [0.15, 0.2) is 23.1 Å². The number of nitrogens with two attached hydrogens (primary N) is 1. The Hall–Kier alpha value is -0.470. The first-order chi connectivity index (χ1) is 7.81. The van der Waals surface area contributed by atoms with Crippen molar-refractivity contribution < 1.29 is 0 Å². The fourth-order valence-corrected chi connectivity index (χ4v) is 4.23. The maximum atomic E-state index is 5.96. The molecule has 1 aromatic carbocycles. The topological polar surface area (TPSA) is 26.0 Å². The van der Waals surface area contributed by atoms with Crippen molar-refractivity contribution in [2.24, 2.45) is 5.73 Å². The fourth-order valence-electron chi connectivity index (χ4n) is 2.89. The summed E-state index contributed by atoms with van der Waals surface area (Å²) in [5.74, 6) is 0. The third-order valence-corrected chi connectivity index (χ3v) is 5.09. The van der Waals surface area contributed by atoms with Crippen LogP contribution in [0.2, 0.25) is 0 Å². The van der Waals surface area contributed by atoms with Crippen LogP contribution in [0.1, 0.15) is 36.8 Å². The zero-order valence-electron chi connectivity index (χ0n) is 9.61. The molecule has 1 saturated carbocycles. The molecule has 0 aliphatic heterocycles. The Labute approximate surface area is 102 Å². The molecule has 1 fully saturated rings. The lowest BCUT2D eigenvalue weighted by Gasteiger charge is -2.10. The first-order valence-corrected chi connectivity index (χ1v) is 7.23. The quantitative estimate of drug-likeness (QED) is 0.849. The molecule has 1 nitrogen and oxygen atoms in total. The first kappa shape index (κ1) is 10.7. The largest absolute Gasteiger partial charge is 0.328 e. The maximum Gasteiger partial charge on any atom is 0.0110 e. The number of benzene rings is 1. The molecule has 16 heavy (non-hydrogen) atoms. The molecule has 2 N–H and O–H groups in total. The van der Waals surface area contributed by atoms with Gasteiger partial charge in [-0.1, -0.05) is 6.07 Å². The van der Waals surface area contributed by atoms with E-state index in [2.05, 4.69) is 18.2 Å². The molecule has 1 aromatic rings. The van der Waals surface area contributed by atoms with Crippen molar-refractivity contribution in [3.8, 4) is 0 Å². The van der Waals surface area contributed by atoms with E-state index in [1.165, 1.54) is 43.4 Å². The second kappa shape index (κ2) is 4.42. The van der Waals surface area contributed by atoms with Gasteiger partial charge >= 0.3 is 0 Å². The predicted molar refractivity (Wildman–Crippen MR) is 69.9 cm³/mol. The molecule has 0 amide bonds. The van der Waals surface area contributed by atoms with Crippen LogP contribution in [-0.4, -0.2) is 11.3 Å². The van der Waals surface area contributed by atoms with Gasteiger partial charge in [-0.3, -0.25) is 0 Å². The van der Waals surface area contributed by atoms with Crippen LogP contribution in [-0.2, 0) is 12.8 Å². The van der Waals surface area contributed by atoms with Crippen molar-refractivity contribution in [2.45, 2.75) is 54.7 Å². The SMILES string of the molecule is NC1CCC(Sc2ccc3c(c2)CCC3)C1. The van der Waals surface area contributed by atoms with E-state index < -0.39 is 0 Å². The van der Waals surface area contributed by atoms with Crippen molar-refractivity contribution in [3.05, 3.63) is 29.3 Å². The van der Waals surface area contributed by atoms with Gasteiger partial charge in [0.15, 0.2) is 0 Å². The van der Waals surface area contributed by atoms with E-state index in [-0.39, 0.29) is 0 Å². The summed E-state index contributed by atoms with van der Waals surface area (Å²) >= 11 is 2.04.